The van der Waals surface area contributed by atoms with Gasteiger partial charge in [-0.3, -0.25) is 10.6 Å². The Morgan fingerprint density at radius 3 is 2.80 bits per heavy atom. The maximum atomic E-state index is 13.6. The predicted molar refractivity (Wildman–Crippen MR) is 79.3 cm³/mol. The summed E-state index contributed by atoms with van der Waals surface area (Å²) >= 11 is 7.25. The Morgan fingerprint density at radius 2 is 2.20 bits per heavy atom. The Kier molecular flexibility index (Phi) is 4.59. The van der Waals surface area contributed by atoms with Crippen molar-refractivity contribution < 1.29 is 9.18 Å². The number of nitrogens with one attached hydrogen (secondary N) is 1. The van der Waals surface area contributed by atoms with E-state index >= 15 is 0 Å². The van der Waals surface area contributed by atoms with E-state index in [2.05, 4.69) is 5.43 Å². The molecule has 0 saturated carbocycles. The number of benzene rings is 1. The lowest BCUT2D eigenvalue weighted by Crippen LogP contribution is -2.27. The van der Waals surface area contributed by atoms with Crippen molar-refractivity contribution in [3.63, 3.8) is 0 Å². The van der Waals surface area contributed by atoms with Gasteiger partial charge in [0.2, 0.25) is 0 Å². The van der Waals surface area contributed by atoms with Crippen LogP contribution in [-0.4, -0.2) is 17.9 Å². The Labute approximate surface area is 124 Å². The summed E-state index contributed by atoms with van der Waals surface area (Å²) in [5, 5.41) is 0. The lowest BCUT2D eigenvalue weighted by Gasteiger charge is -2.18. The summed E-state index contributed by atoms with van der Waals surface area (Å²) in [5.41, 5.74) is 2.41. The number of nitrogens with two attached hydrogens (primary N) is 1. The average molecular weight is 314 g/mol. The number of anilines is 1. The molecule has 1 aromatic heterocycles. The van der Waals surface area contributed by atoms with Gasteiger partial charge in [0.25, 0.3) is 5.91 Å². The van der Waals surface area contributed by atoms with Gasteiger partial charge < -0.3 is 10.3 Å². The van der Waals surface area contributed by atoms with E-state index in [-0.39, 0.29) is 17.2 Å². The molecule has 1 aromatic carbocycles. The van der Waals surface area contributed by atoms with Crippen LogP contribution in [0.25, 0.3) is 0 Å². The fourth-order valence-corrected chi connectivity index (χ4v) is 2.94. The highest BCUT2D eigenvalue weighted by atomic mass is 35.5. The minimum Gasteiger partial charge on any atom is -0.336 e. The molecule has 0 aliphatic carbocycles. The van der Waals surface area contributed by atoms with Gasteiger partial charge in [0.15, 0.2) is 0 Å². The van der Waals surface area contributed by atoms with Gasteiger partial charge in [-0.2, -0.15) is 0 Å². The van der Waals surface area contributed by atoms with Gasteiger partial charge in [-0.15, -0.1) is 11.3 Å². The molecular weight excluding hydrogens is 301 g/mol. The van der Waals surface area contributed by atoms with Gasteiger partial charge >= 0.3 is 0 Å². The maximum absolute atomic E-state index is 13.6. The number of hydrogen-bond donors (Lipinski definition) is 2. The van der Waals surface area contributed by atoms with Gasteiger partial charge in [-0.05, 0) is 24.3 Å². The molecule has 0 bridgehead atoms. The molecule has 0 aliphatic heterocycles. The van der Waals surface area contributed by atoms with Crippen molar-refractivity contribution in [3.05, 3.63) is 50.9 Å². The smallest absolute Gasteiger partial charge is 0.256 e. The Morgan fingerprint density at radius 1 is 1.45 bits per heavy atom. The van der Waals surface area contributed by atoms with Gasteiger partial charge in [-0.25, -0.2) is 4.39 Å². The third-order valence-electron chi connectivity index (χ3n) is 2.76. The lowest BCUT2D eigenvalue weighted by molar-refractivity contribution is 0.0787. The molecule has 0 atom stereocenters. The first-order chi connectivity index (χ1) is 9.52. The number of para-hydroxylation sites is 1. The molecule has 1 amide bonds. The summed E-state index contributed by atoms with van der Waals surface area (Å²) in [7, 11) is 1.64. The quantitative estimate of drug-likeness (QED) is 0.673. The zero-order chi connectivity index (χ0) is 14.7. The van der Waals surface area contributed by atoms with Crippen LogP contribution in [0.3, 0.4) is 0 Å². The number of amides is 1. The second kappa shape index (κ2) is 6.21. The first kappa shape index (κ1) is 14.8. The van der Waals surface area contributed by atoms with Crippen LogP contribution in [0, 0.1) is 5.82 Å². The normalized spacial score (nSPS) is 10.4. The number of carbonyl (C=O) groups excluding carboxylic acids is 1. The first-order valence-corrected chi connectivity index (χ1v) is 6.97. The van der Waals surface area contributed by atoms with Crippen molar-refractivity contribution in [1.29, 1.82) is 0 Å². The Bertz CT molecular complexity index is 632. The van der Waals surface area contributed by atoms with Gasteiger partial charge in [-0.1, -0.05) is 17.7 Å². The molecule has 0 fully saturated rings. The van der Waals surface area contributed by atoms with Crippen molar-refractivity contribution in [3.8, 4) is 0 Å². The molecule has 0 saturated heterocycles. The molecule has 3 N–H and O–H groups in total. The largest absolute Gasteiger partial charge is 0.336 e. The zero-order valence-electron chi connectivity index (χ0n) is 10.7. The van der Waals surface area contributed by atoms with Crippen LogP contribution in [0.5, 0.6) is 0 Å². The average Bonchev–Trinajstić information content (AvgIpc) is 2.82. The highest BCUT2D eigenvalue weighted by Gasteiger charge is 2.18. The van der Waals surface area contributed by atoms with E-state index in [1.807, 2.05) is 6.07 Å². The van der Waals surface area contributed by atoms with Crippen molar-refractivity contribution in [2.75, 3.05) is 12.5 Å². The second-order valence-electron chi connectivity index (χ2n) is 4.17. The number of rotatable bonds is 4. The molecule has 7 heteroatoms. The summed E-state index contributed by atoms with van der Waals surface area (Å²) in [4.78, 5) is 14.8. The van der Waals surface area contributed by atoms with E-state index in [0.717, 1.165) is 4.88 Å². The van der Waals surface area contributed by atoms with E-state index in [9.17, 15) is 9.18 Å². The van der Waals surface area contributed by atoms with Crippen LogP contribution >= 0.6 is 22.9 Å². The van der Waals surface area contributed by atoms with Crippen molar-refractivity contribution in [2.24, 2.45) is 5.84 Å². The predicted octanol–water partition coefficient (Wildman–Crippen LogP) is 3.10. The topological polar surface area (TPSA) is 58.4 Å². The first-order valence-electron chi connectivity index (χ1n) is 5.77. The van der Waals surface area contributed by atoms with Crippen molar-refractivity contribution >= 4 is 34.5 Å². The highest BCUT2D eigenvalue weighted by Crippen LogP contribution is 2.24. The van der Waals surface area contributed by atoms with Crippen LogP contribution in [0.15, 0.2) is 30.3 Å². The monoisotopic (exact) mass is 313 g/mol. The second-order valence-corrected chi connectivity index (χ2v) is 5.97. The standard InChI is InChI=1S/C13H13ClFN3OS/c1-18(7-8-5-6-11(14)20-8)13(19)9-3-2-4-10(15)12(9)17-16/h2-6,17H,7,16H2,1H3. The molecule has 2 aromatic rings. The van der Waals surface area contributed by atoms with Crippen molar-refractivity contribution in [1.82, 2.24) is 4.90 Å². The number of thiophene rings is 1. The number of hydrazine groups is 1. The van der Waals surface area contributed by atoms with Crippen molar-refractivity contribution in [2.45, 2.75) is 6.54 Å². The molecule has 1 heterocycles. The van der Waals surface area contributed by atoms with Crippen LogP contribution in [0.2, 0.25) is 4.34 Å². The summed E-state index contributed by atoms with van der Waals surface area (Å²) in [5.74, 6) is 4.39. The SMILES string of the molecule is CN(Cc1ccc(Cl)s1)C(=O)c1cccc(F)c1NN. The number of carbonyl (C=O) groups is 1. The van der Waals surface area contributed by atoms with Crippen LogP contribution in [-0.2, 0) is 6.54 Å². The van der Waals surface area contributed by atoms with E-state index in [0.29, 0.717) is 10.9 Å². The summed E-state index contributed by atoms with van der Waals surface area (Å²) in [6, 6.07) is 7.86. The highest BCUT2D eigenvalue weighted by molar-refractivity contribution is 7.16. The summed E-state index contributed by atoms with van der Waals surface area (Å²) in [6.07, 6.45) is 0. The fraction of sp³-hybridized carbons (Fsp3) is 0.154. The molecule has 106 valence electrons. The number of nitrogens with zero attached hydrogens (tertiary/aromatic N) is 1. The molecule has 2 rings (SSSR count). The van der Waals surface area contributed by atoms with Gasteiger partial charge in [0.05, 0.1) is 22.1 Å². The van der Waals surface area contributed by atoms with E-state index < -0.39 is 5.82 Å². The molecule has 20 heavy (non-hydrogen) atoms. The Balaban J connectivity index is 2.20. The van der Waals surface area contributed by atoms with Gasteiger partial charge in [0, 0.05) is 11.9 Å². The molecular formula is C13H13ClFN3OS. The molecule has 0 aliphatic rings. The van der Waals surface area contributed by atoms with E-state index in [1.54, 1.807) is 13.1 Å². The molecule has 4 nitrogen and oxygen atoms in total. The van der Waals surface area contributed by atoms with E-state index in [1.165, 1.54) is 34.4 Å². The number of hydrogen-bond acceptors (Lipinski definition) is 4. The maximum Gasteiger partial charge on any atom is 0.256 e. The Hall–Kier alpha value is -1.63. The van der Waals surface area contributed by atoms with Crippen LogP contribution in [0.4, 0.5) is 10.1 Å². The molecule has 0 spiro atoms. The number of halogens is 2. The zero-order valence-corrected chi connectivity index (χ0v) is 12.3. The third kappa shape index (κ3) is 3.09. The third-order valence-corrected chi connectivity index (χ3v) is 3.97. The summed E-state index contributed by atoms with van der Waals surface area (Å²) in [6.45, 7) is 0.400. The van der Waals surface area contributed by atoms with E-state index in [4.69, 9.17) is 17.4 Å². The minimum absolute atomic E-state index is 0.00596. The summed E-state index contributed by atoms with van der Waals surface area (Å²) < 4.78 is 14.2. The fourth-order valence-electron chi connectivity index (χ4n) is 1.80. The molecule has 0 radical (unpaired) electrons. The van der Waals surface area contributed by atoms with Crippen LogP contribution < -0.4 is 11.3 Å². The van der Waals surface area contributed by atoms with Gasteiger partial charge in [0.1, 0.15) is 5.82 Å². The lowest BCUT2D eigenvalue weighted by atomic mass is 10.1. The number of nitrogen functional groups attached to an aromatic ring is 1. The minimum atomic E-state index is -0.564. The molecule has 0 unspecified atom stereocenters. The van der Waals surface area contributed by atoms with Crippen LogP contribution in [0.1, 0.15) is 15.2 Å².